The van der Waals surface area contributed by atoms with Gasteiger partial charge in [-0.2, -0.15) is 0 Å². The first kappa shape index (κ1) is 17.9. The van der Waals surface area contributed by atoms with Crippen LogP contribution in [0.5, 0.6) is 0 Å². The highest BCUT2D eigenvalue weighted by Crippen LogP contribution is 2.26. The van der Waals surface area contributed by atoms with Gasteiger partial charge in [0.1, 0.15) is 0 Å². The molecule has 0 spiro atoms. The molecular weight excluding hydrogens is 358 g/mol. The number of fused-ring (bicyclic) bond motifs is 1. The summed E-state index contributed by atoms with van der Waals surface area (Å²) in [5.41, 5.74) is 3.03. The predicted molar refractivity (Wildman–Crippen MR) is 98.9 cm³/mol. The first-order valence-corrected chi connectivity index (χ1v) is 11.7. The lowest BCUT2D eigenvalue weighted by Crippen LogP contribution is -2.16. The molecule has 0 fully saturated rings. The van der Waals surface area contributed by atoms with Crippen molar-refractivity contribution in [3.63, 3.8) is 0 Å². The van der Waals surface area contributed by atoms with E-state index in [1.165, 1.54) is 5.56 Å². The minimum absolute atomic E-state index is 0.210. The Hall–Kier alpha value is -1.86. The van der Waals surface area contributed by atoms with Gasteiger partial charge in [-0.15, -0.1) is 0 Å². The normalized spacial score (nSPS) is 14.8. The predicted octanol–water partition coefficient (Wildman–Crippen LogP) is 2.91. The van der Waals surface area contributed by atoms with Gasteiger partial charge in [0.25, 0.3) is 10.0 Å². The van der Waals surface area contributed by atoms with Crippen LogP contribution in [0.15, 0.2) is 47.4 Å². The number of rotatable bonds is 5. The maximum atomic E-state index is 12.7. The Balaban J connectivity index is 1.92. The molecule has 5 nitrogen and oxygen atoms in total. The van der Waals surface area contributed by atoms with Crippen LogP contribution in [-0.4, -0.2) is 23.1 Å². The van der Waals surface area contributed by atoms with Crippen molar-refractivity contribution >= 4 is 25.5 Å². The largest absolute Gasteiger partial charge is 0.279 e. The van der Waals surface area contributed by atoms with Crippen LogP contribution < -0.4 is 4.72 Å². The fraction of sp³-hybridized carbons (Fsp3) is 0.333. The molecule has 0 radical (unpaired) electrons. The van der Waals surface area contributed by atoms with E-state index >= 15 is 0 Å². The Kier molecular flexibility index (Phi) is 4.88. The van der Waals surface area contributed by atoms with Gasteiger partial charge in [-0.1, -0.05) is 24.3 Å². The molecule has 25 heavy (non-hydrogen) atoms. The molecule has 0 atom stereocenters. The van der Waals surface area contributed by atoms with Crippen molar-refractivity contribution in [1.82, 2.24) is 0 Å². The molecule has 1 aliphatic carbocycles. The third-order valence-corrected chi connectivity index (χ3v) is 6.51. The average Bonchev–Trinajstić information content (AvgIpc) is 2.55. The van der Waals surface area contributed by atoms with Crippen LogP contribution in [0.4, 0.5) is 5.69 Å². The SMILES string of the molecule is CS(=O)(=O)Cc1ccccc1NS(=O)(=O)c1ccc2c(c1)CCCC2. The number of benzene rings is 2. The van der Waals surface area contributed by atoms with E-state index in [9.17, 15) is 16.8 Å². The van der Waals surface area contributed by atoms with E-state index in [0.717, 1.165) is 37.5 Å². The number of sulfonamides is 1. The fourth-order valence-corrected chi connectivity index (χ4v) is 5.08. The van der Waals surface area contributed by atoms with E-state index in [2.05, 4.69) is 4.72 Å². The van der Waals surface area contributed by atoms with E-state index in [-0.39, 0.29) is 10.6 Å². The van der Waals surface area contributed by atoms with Crippen LogP contribution in [0.2, 0.25) is 0 Å². The average molecular weight is 380 g/mol. The van der Waals surface area contributed by atoms with Crippen molar-refractivity contribution in [3.05, 3.63) is 59.2 Å². The summed E-state index contributed by atoms with van der Waals surface area (Å²) < 4.78 is 51.2. The van der Waals surface area contributed by atoms with E-state index in [1.807, 2.05) is 6.07 Å². The second kappa shape index (κ2) is 6.80. The van der Waals surface area contributed by atoms with Crippen LogP contribution in [-0.2, 0) is 38.5 Å². The molecule has 0 aliphatic heterocycles. The first-order valence-electron chi connectivity index (χ1n) is 8.15. The monoisotopic (exact) mass is 379 g/mol. The maximum absolute atomic E-state index is 12.7. The molecule has 2 aromatic rings. The highest BCUT2D eigenvalue weighted by atomic mass is 32.2. The van der Waals surface area contributed by atoms with Gasteiger partial charge in [0.2, 0.25) is 0 Å². The Bertz CT molecular complexity index is 995. The molecule has 0 bridgehead atoms. The number of anilines is 1. The standard InChI is InChI=1S/C18H21NO4S2/c1-24(20,21)13-16-8-4-5-9-18(16)19-25(22,23)17-11-10-14-6-2-3-7-15(14)12-17/h4-5,8-12,19H,2-3,6-7,13H2,1H3. The zero-order valence-electron chi connectivity index (χ0n) is 14.0. The molecule has 0 saturated carbocycles. The van der Waals surface area contributed by atoms with Gasteiger partial charge < -0.3 is 0 Å². The van der Waals surface area contributed by atoms with E-state index < -0.39 is 19.9 Å². The summed E-state index contributed by atoms with van der Waals surface area (Å²) in [7, 11) is -7.04. The maximum Gasteiger partial charge on any atom is 0.261 e. The van der Waals surface area contributed by atoms with E-state index in [1.54, 1.807) is 36.4 Å². The zero-order valence-corrected chi connectivity index (χ0v) is 15.7. The Labute approximate surface area is 149 Å². The lowest BCUT2D eigenvalue weighted by atomic mass is 9.92. The molecular formula is C18H21NO4S2. The Morgan fingerprint density at radius 1 is 0.920 bits per heavy atom. The topological polar surface area (TPSA) is 80.3 Å². The van der Waals surface area contributed by atoms with Crippen LogP contribution >= 0.6 is 0 Å². The molecule has 7 heteroatoms. The number of para-hydroxylation sites is 1. The first-order chi connectivity index (χ1) is 11.7. The summed E-state index contributed by atoms with van der Waals surface area (Å²) >= 11 is 0. The van der Waals surface area contributed by atoms with E-state index in [4.69, 9.17) is 0 Å². The van der Waals surface area contributed by atoms with Crippen molar-refractivity contribution in [2.45, 2.75) is 36.3 Å². The fourth-order valence-electron chi connectivity index (χ4n) is 3.11. The summed E-state index contributed by atoms with van der Waals surface area (Å²) in [6, 6.07) is 11.8. The quantitative estimate of drug-likeness (QED) is 0.866. The molecule has 2 aromatic carbocycles. The number of hydrogen-bond donors (Lipinski definition) is 1. The molecule has 0 heterocycles. The minimum atomic E-state index is -3.77. The van der Waals surface area contributed by atoms with Gasteiger partial charge in [0.15, 0.2) is 9.84 Å². The highest BCUT2D eigenvalue weighted by molar-refractivity contribution is 7.92. The minimum Gasteiger partial charge on any atom is -0.279 e. The van der Waals surface area contributed by atoms with Gasteiger partial charge in [0.05, 0.1) is 16.3 Å². The van der Waals surface area contributed by atoms with Crippen LogP contribution in [0.3, 0.4) is 0 Å². The third kappa shape index (κ3) is 4.41. The molecule has 134 valence electrons. The second-order valence-corrected chi connectivity index (χ2v) is 10.3. The molecule has 0 aromatic heterocycles. The molecule has 0 amide bonds. The summed E-state index contributed by atoms with van der Waals surface area (Å²) in [5.74, 6) is -0.212. The smallest absolute Gasteiger partial charge is 0.261 e. The summed E-state index contributed by atoms with van der Waals surface area (Å²) in [5, 5.41) is 0. The molecule has 1 aliphatic rings. The second-order valence-electron chi connectivity index (χ2n) is 6.47. The van der Waals surface area contributed by atoms with Crippen molar-refractivity contribution in [1.29, 1.82) is 0 Å². The molecule has 1 N–H and O–H groups in total. The highest BCUT2D eigenvalue weighted by Gasteiger charge is 2.19. The Morgan fingerprint density at radius 2 is 1.60 bits per heavy atom. The molecule has 3 rings (SSSR count). The molecule has 0 unspecified atom stereocenters. The summed E-state index contributed by atoms with van der Waals surface area (Å²) in [4.78, 5) is 0.210. The number of hydrogen-bond acceptors (Lipinski definition) is 4. The van der Waals surface area contributed by atoms with Gasteiger partial charge >= 0.3 is 0 Å². The summed E-state index contributed by atoms with van der Waals surface area (Å²) in [6.07, 6.45) is 5.21. The molecule has 0 saturated heterocycles. The van der Waals surface area contributed by atoms with Crippen molar-refractivity contribution in [3.8, 4) is 0 Å². The van der Waals surface area contributed by atoms with E-state index in [0.29, 0.717) is 11.3 Å². The van der Waals surface area contributed by atoms with Crippen LogP contribution in [0.25, 0.3) is 0 Å². The third-order valence-electron chi connectivity index (χ3n) is 4.31. The van der Waals surface area contributed by atoms with Crippen LogP contribution in [0, 0.1) is 0 Å². The van der Waals surface area contributed by atoms with Gasteiger partial charge in [-0.3, -0.25) is 4.72 Å². The zero-order chi connectivity index (χ0) is 18.1. The van der Waals surface area contributed by atoms with Gasteiger partial charge in [-0.05, 0) is 60.6 Å². The van der Waals surface area contributed by atoms with Gasteiger partial charge in [0, 0.05) is 6.26 Å². The lowest BCUT2D eigenvalue weighted by Gasteiger charge is -2.17. The number of aryl methyl sites for hydroxylation is 2. The number of sulfone groups is 1. The number of nitrogens with one attached hydrogen (secondary N) is 1. The summed E-state index contributed by atoms with van der Waals surface area (Å²) in [6.45, 7) is 0. The van der Waals surface area contributed by atoms with Crippen molar-refractivity contribution in [2.24, 2.45) is 0 Å². The Morgan fingerprint density at radius 3 is 2.32 bits per heavy atom. The van der Waals surface area contributed by atoms with Crippen molar-refractivity contribution < 1.29 is 16.8 Å². The lowest BCUT2D eigenvalue weighted by molar-refractivity contribution is 0.598. The van der Waals surface area contributed by atoms with Gasteiger partial charge in [-0.25, -0.2) is 16.8 Å². The van der Waals surface area contributed by atoms with Crippen LogP contribution in [0.1, 0.15) is 29.5 Å². The van der Waals surface area contributed by atoms with Crippen molar-refractivity contribution in [2.75, 3.05) is 11.0 Å².